The van der Waals surface area contributed by atoms with E-state index in [1.807, 2.05) is 11.4 Å². The summed E-state index contributed by atoms with van der Waals surface area (Å²) in [5, 5.41) is 6.59. The fraction of sp³-hybridized carbons (Fsp3) is 0.125. The molecule has 0 amide bonds. The second-order valence-corrected chi connectivity index (χ2v) is 4.99. The molecule has 2 aromatic rings. The Morgan fingerprint density at radius 2 is 2.43 bits per heavy atom. The van der Waals surface area contributed by atoms with Crippen LogP contribution in [0, 0.1) is 0 Å². The van der Waals surface area contributed by atoms with Gasteiger partial charge in [-0.1, -0.05) is 11.6 Å². The second-order valence-electron chi connectivity index (χ2n) is 2.73. The quantitative estimate of drug-likeness (QED) is 0.925. The standard InChI is InChI=1S/C8H7BrClN3S/c9-5-1-2-14-7(5)4-13-8(11)6(10)3-12-13/h1-3H,4,11H2. The van der Waals surface area contributed by atoms with Gasteiger partial charge in [0, 0.05) is 9.35 Å². The van der Waals surface area contributed by atoms with Crippen LogP contribution in [0.2, 0.25) is 5.02 Å². The van der Waals surface area contributed by atoms with Crippen LogP contribution in [-0.4, -0.2) is 9.78 Å². The summed E-state index contributed by atoms with van der Waals surface area (Å²) >= 11 is 10.9. The van der Waals surface area contributed by atoms with Crippen LogP contribution >= 0.6 is 38.9 Å². The summed E-state index contributed by atoms with van der Waals surface area (Å²) in [7, 11) is 0. The molecule has 0 unspecified atom stereocenters. The van der Waals surface area contributed by atoms with E-state index < -0.39 is 0 Å². The fourth-order valence-corrected chi connectivity index (χ4v) is 2.67. The first-order valence-corrected chi connectivity index (χ1v) is 5.92. The SMILES string of the molecule is Nc1c(Cl)cnn1Cc1sccc1Br. The number of nitrogen functional groups attached to an aromatic ring is 1. The molecule has 3 nitrogen and oxygen atoms in total. The molecule has 0 saturated heterocycles. The first-order chi connectivity index (χ1) is 6.68. The van der Waals surface area contributed by atoms with Gasteiger partial charge in [-0.25, -0.2) is 4.68 Å². The molecule has 0 aliphatic heterocycles. The molecule has 2 heterocycles. The van der Waals surface area contributed by atoms with Crippen molar-refractivity contribution in [3.05, 3.63) is 32.0 Å². The van der Waals surface area contributed by atoms with Crippen LogP contribution in [0.15, 0.2) is 22.1 Å². The van der Waals surface area contributed by atoms with Gasteiger partial charge in [-0.05, 0) is 27.4 Å². The zero-order valence-corrected chi connectivity index (χ0v) is 10.2. The van der Waals surface area contributed by atoms with Crippen molar-refractivity contribution in [3.63, 3.8) is 0 Å². The minimum Gasteiger partial charge on any atom is -0.383 e. The highest BCUT2D eigenvalue weighted by molar-refractivity contribution is 9.10. The largest absolute Gasteiger partial charge is 0.383 e. The van der Waals surface area contributed by atoms with Gasteiger partial charge in [-0.2, -0.15) is 5.10 Å². The van der Waals surface area contributed by atoms with Gasteiger partial charge in [0.05, 0.1) is 12.7 Å². The molecule has 0 saturated carbocycles. The Morgan fingerprint density at radius 3 is 2.93 bits per heavy atom. The monoisotopic (exact) mass is 291 g/mol. The molecule has 2 N–H and O–H groups in total. The molecule has 0 spiro atoms. The Labute approximate surface area is 98.6 Å². The third-order valence-electron chi connectivity index (χ3n) is 1.82. The summed E-state index contributed by atoms with van der Waals surface area (Å²) in [6.07, 6.45) is 1.55. The van der Waals surface area contributed by atoms with Crippen molar-refractivity contribution in [2.24, 2.45) is 0 Å². The van der Waals surface area contributed by atoms with Crippen LogP contribution in [0.25, 0.3) is 0 Å². The van der Waals surface area contributed by atoms with Gasteiger partial charge in [0.2, 0.25) is 0 Å². The molecular weight excluding hydrogens is 286 g/mol. The van der Waals surface area contributed by atoms with Crippen LogP contribution in [0.4, 0.5) is 5.82 Å². The van der Waals surface area contributed by atoms with Gasteiger partial charge in [-0.15, -0.1) is 11.3 Å². The minimum absolute atomic E-state index is 0.498. The van der Waals surface area contributed by atoms with Gasteiger partial charge in [0.15, 0.2) is 0 Å². The normalized spacial score (nSPS) is 10.7. The van der Waals surface area contributed by atoms with Crippen molar-refractivity contribution in [1.29, 1.82) is 0 Å². The van der Waals surface area contributed by atoms with Crippen molar-refractivity contribution in [2.45, 2.75) is 6.54 Å². The average Bonchev–Trinajstić information content (AvgIpc) is 2.68. The molecule has 0 atom stereocenters. The maximum absolute atomic E-state index is 5.79. The van der Waals surface area contributed by atoms with Crippen molar-refractivity contribution in [3.8, 4) is 0 Å². The molecule has 0 radical (unpaired) electrons. The Balaban J connectivity index is 2.27. The Morgan fingerprint density at radius 1 is 1.64 bits per heavy atom. The predicted octanol–water partition coefficient (Wildman–Crippen LogP) is 2.99. The van der Waals surface area contributed by atoms with Gasteiger partial charge >= 0.3 is 0 Å². The highest BCUT2D eigenvalue weighted by Gasteiger charge is 2.08. The lowest BCUT2D eigenvalue weighted by Crippen LogP contribution is -2.04. The number of hydrogen-bond acceptors (Lipinski definition) is 3. The Kier molecular flexibility index (Phi) is 2.80. The number of rotatable bonds is 2. The summed E-state index contributed by atoms with van der Waals surface area (Å²) in [6, 6.07) is 2.00. The first-order valence-electron chi connectivity index (χ1n) is 3.87. The third-order valence-corrected chi connectivity index (χ3v) is 4.02. The van der Waals surface area contributed by atoms with E-state index in [2.05, 4.69) is 21.0 Å². The molecular formula is C8H7BrClN3S. The zero-order chi connectivity index (χ0) is 10.1. The number of anilines is 1. The van der Waals surface area contributed by atoms with Gasteiger partial charge in [0.1, 0.15) is 10.8 Å². The van der Waals surface area contributed by atoms with Gasteiger partial charge in [0.25, 0.3) is 0 Å². The van der Waals surface area contributed by atoms with E-state index in [1.54, 1.807) is 22.2 Å². The number of halogens is 2. The average molecular weight is 293 g/mol. The smallest absolute Gasteiger partial charge is 0.141 e. The molecule has 14 heavy (non-hydrogen) atoms. The van der Waals surface area contributed by atoms with E-state index in [0.717, 1.165) is 4.47 Å². The number of aromatic nitrogens is 2. The lowest BCUT2D eigenvalue weighted by atomic mass is 10.4. The molecule has 0 bridgehead atoms. The highest BCUT2D eigenvalue weighted by atomic mass is 79.9. The van der Waals surface area contributed by atoms with Crippen molar-refractivity contribution < 1.29 is 0 Å². The topological polar surface area (TPSA) is 43.8 Å². The van der Waals surface area contributed by atoms with E-state index in [9.17, 15) is 0 Å². The highest BCUT2D eigenvalue weighted by Crippen LogP contribution is 2.25. The van der Waals surface area contributed by atoms with Gasteiger partial charge in [-0.3, -0.25) is 0 Å². The van der Waals surface area contributed by atoms with Crippen molar-refractivity contribution in [2.75, 3.05) is 5.73 Å². The molecule has 0 aromatic carbocycles. The van der Waals surface area contributed by atoms with Crippen molar-refractivity contribution >= 4 is 44.7 Å². The van der Waals surface area contributed by atoms with E-state index in [1.165, 1.54) is 4.88 Å². The maximum atomic E-state index is 5.79. The predicted molar refractivity (Wildman–Crippen MR) is 62.8 cm³/mol. The van der Waals surface area contributed by atoms with E-state index >= 15 is 0 Å². The van der Waals surface area contributed by atoms with E-state index in [0.29, 0.717) is 17.4 Å². The maximum Gasteiger partial charge on any atom is 0.141 e. The zero-order valence-electron chi connectivity index (χ0n) is 7.08. The van der Waals surface area contributed by atoms with Crippen LogP contribution in [-0.2, 0) is 6.54 Å². The van der Waals surface area contributed by atoms with Crippen LogP contribution in [0.3, 0.4) is 0 Å². The molecule has 2 rings (SSSR count). The summed E-state index contributed by atoms with van der Waals surface area (Å²) in [4.78, 5) is 1.18. The molecule has 0 aliphatic carbocycles. The molecule has 2 aromatic heterocycles. The molecule has 74 valence electrons. The summed E-state index contributed by atoms with van der Waals surface area (Å²) in [6.45, 7) is 0.650. The number of nitrogens with zero attached hydrogens (tertiary/aromatic N) is 2. The second kappa shape index (κ2) is 3.92. The summed E-state index contributed by atoms with van der Waals surface area (Å²) in [5.74, 6) is 0.506. The number of thiophene rings is 1. The third kappa shape index (κ3) is 1.80. The minimum atomic E-state index is 0.498. The lowest BCUT2D eigenvalue weighted by Gasteiger charge is -2.02. The number of nitrogens with two attached hydrogens (primary N) is 1. The fourth-order valence-electron chi connectivity index (χ4n) is 1.07. The Hall–Kier alpha value is -0.520. The summed E-state index contributed by atoms with van der Waals surface area (Å²) in [5.41, 5.74) is 5.73. The molecule has 0 aliphatic rings. The lowest BCUT2D eigenvalue weighted by molar-refractivity contribution is 0.704. The molecule has 6 heteroatoms. The van der Waals surface area contributed by atoms with E-state index in [-0.39, 0.29) is 0 Å². The van der Waals surface area contributed by atoms with E-state index in [4.69, 9.17) is 17.3 Å². The van der Waals surface area contributed by atoms with Crippen molar-refractivity contribution in [1.82, 2.24) is 9.78 Å². The van der Waals surface area contributed by atoms with Crippen LogP contribution < -0.4 is 5.73 Å². The summed E-state index contributed by atoms with van der Waals surface area (Å²) < 4.78 is 2.76. The van der Waals surface area contributed by atoms with Crippen LogP contribution in [0.5, 0.6) is 0 Å². The number of hydrogen-bond donors (Lipinski definition) is 1. The van der Waals surface area contributed by atoms with Crippen LogP contribution in [0.1, 0.15) is 4.88 Å². The molecule has 0 fully saturated rings. The Bertz CT molecular complexity index is 451. The van der Waals surface area contributed by atoms with Gasteiger partial charge < -0.3 is 5.73 Å². The first kappa shape index (κ1) is 10.0.